The van der Waals surface area contributed by atoms with E-state index in [-0.39, 0.29) is 5.02 Å². The van der Waals surface area contributed by atoms with Crippen molar-refractivity contribution in [1.29, 1.82) is 0 Å². The smallest absolute Gasteiger partial charge is 0.319 e. The number of nitrogens with one attached hydrogen (secondary N) is 2. The number of nitrogens with zero attached hydrogens (tertiary/aromatic N) is 2. The molecule has 0 bridgehead atoms. The van der Waals surface area contributed by atoms with Crippen LogP contribution in [-0.4, -0.2) is 20.7 Å². The van der Waals surface area contributed by atoms with Crippen molar-refractivity contribution >= 4 is 23.2 Å². The Bertz CT molecular complexity index is 751. The highest BCUT2D eigenvalue weighted by molar-refractivity contribution is 6.30. The summed E-state index contributed by atoms with van der Waals surface area (Å²) in [6.07, 6.45) is -4.69. The number of amides is 1. The number of alkyl halides is 3. The number of hydrogen-bond donors (Lipinski definition) is 2. The molecule has 112 valence electrons. The van der Waals surface area contributed by atoms with Gasteiger partial charge in [0.15, 0.2) is 0 Å². The normalized spacial score (nSPS) is 11.5. The first-order valence-electron chi connectivity index (χ1n) is 5.50. The van der Waals surface area contributed by atoms with E-state index in [4.69, 9.17) is 11.6 Å². The van der Waals surface area contributed by atoms with Gasteiger partial charge in [-0.05, 0) is 18.2 Å². The van der Waals surface area contributed by atoms with E-state index in [1.54, 1.807) is 0 Å². The van der Waals surface area contributed by atoms with Crippen molar-refractivity contribution in [3.05, 3.63) is 45.1 Å². The maximum Gasteiger partial charge on any atom is 0.418 e. The van der Waals surface area contributed by atoms with Crippen molar-refractivity contribution in [1.82, 2.24) is 14.8 Å². The number of aromatic amines is 1. The summed E-state index contributed by atoms with van der Waals surface area (Å²) in [6.45, 7) is 0. The summed E-state index contributed by atoms with van der Waals surface area (Å²) in [5.74, 6) is -1.37. The molecule has 2 aromatic rings. The highest BCUT2D eigenvalue weighted by Crippen LogP contribution is 2.36. The molecule has 21 heavy (non-hydrogen) atoms. The Balaban J connectivity index is 2.35. The van der Waals surface area contributed by atoms with Gasteiger partial charge in [0, 0.05) is 12.1 Å². The SMILES string of the molecule is Cn1nc(C(=O)Nc2ccc(Cl)cc2C(F)(F)F)[nH]c1=O. The molecule has 0 aliphatic rings. The van der Waals surface area contributed by atoms with Gasteiger partial charge in [0.25, 0.3) is 5.91 Å². The molecule has 1 aromatic heterocycles. The molecule has 0 unspecified atom stereocenters. The first kappa shape index (κ1) is 15.1. The average Bonchev–Trinajstić information content (AvgIpc) is 2.71. The summed E-state index contributed by atoms with van der Waals surface area (Å²) in [5.41, 5.74) is -2.24. The van der Waals surface area contributed by atoms with Gasteiger partial charge in [0.2, 0.25) is 5.82 Å². The van der Waals surface area contributed by atoms with Crippen LogP contribution in [0.2, 0.25) is 5.02 Å². The second kappa shape index (κ2) is 5.24. The lowest BCUT2D eigenvalue weighted by molar-refractivity contribution is -0.136. The van der Waals surface area contributed by atoms with Crippen molar-refractivity contribution in [2.75, 3.05) is 5.32 Å². The molecule has 2 rings (SSSR count). The van der Waals surface area contributed by atoms with Crippen LogP contribution in [0.3, 0.4) is 0 Å². The Morgan fingerprint density at radius 2 is 2.10 bits per heavy atom. The van der Waals surface area contributed by atoms with E-state index in [1.165, 1.54) is 13.1 Å². The minimum absolute atomic E-state index is 0.119. The molecule has 2 N–H and O–H groups in total. The highest BCUT2D eigenvalue weighted by atomic mass is 35.5. The minimum atomic E-state index is -4.69. The zero-order chi connectivity index (χ0) is 15.8. The Hall–Kier alpha value is -2.29. The third kappa shape index (κ3) is 3.24. The fourth-order valence-electron chi connectivity index (χ4n) is 1.55. The number of carbonyl (C=O) groups excluding carboxylic acids is 1. The van der Waals surface area contributed by atoms with Crippen LogP contribution in [0.5, 0.6) is 0 Å². The molecule has 0 radical (unpaired) electrons. The van der Waals surface area contributed by atoms with Gasteiger partial charge < -0.3 is 5.32 Å². The quantitative estimate of drug-likeness (QED) is 0.888. The number of carbonyl (C=O) groups is 1. The number of anilines is 1. The monoisotopic (exact) mass is 320 g/mol. The first-order valence-corrected chi connectivity index (χ1v) is 5.87. The molecule has 0 atom stereocenters. The third-order valence-electron chi connectivity index (χ3n) is 2.52. The van der Waals surface area contributed by atoms with Gasteiger partial charge in [-0.15, -0.1) is 5.10 Å². The van der Waals surface area contributed by atoms with Gasteiger partial charge in [0.05, 0.1) is 11.3 Å². The molecule has 1 aromatic carbocycles. The zero-order valence-corrected chi connectivity index (χ0v) is 11.2. The summed E-state index contributed by atoms with van der Waals surface area (Å²) < 4.78 is 39.4. The third-order valence-corrected chi connectivity index (χ3v) is 2.75. The molecule has 0 aliphatic carbocycles. The van der Waals surface area contributed by atoms with Crippen LogP contribution in [0.25, 0.3) is 0 Å². The molecule has 0 fully saturated rings. The van der Waals surface area contributed by atoms with E-state index in [0.29, 0.717) is 6.07 Å². The lowest BCUT2D eigenvalue weighted by Crippen LogP contribution is -2.18. The first-order chi connectivity index (χ1) is 9.68. The molecule has 0 aliphatic heterocycles. The number of aromatic nitrogens is 3. The highest BCUT2D eigenvalue weighted by Gasteiger charge is 2.34. The molecule has 1 amide bonds. The van der Waals surface area contributed by atoms with Crippen molar-refractivity contribution in [2.24, 2.45) is 7.05 Å². The van der Waals surface area contributed by atoms with Gasteiger partial charge in [-0.25, -0.2) is 9.48 Å². The van der Waals surface area contributed by atoms with E-state index >= 15 is 0 Å². The van der Waals surface area contributed by atoms with Crippen LogP contribution in [0.15, 0.2) is 23.0 Å². The maximum atomic E-state index is 12.9. The Kier molecular flexibility index (Phi) is 3.77. The number of hydrogen-bond acceptors (Lipinski definition) is 3. The Labute approximate surface area is 120 Å². The standard InChI is InChI=1S/C11H8ClF3N4O2/c1-19-10(21)17-8(18-19)9(20)16-7-3-2-5(12)4-6(7)11(13,14)15/h2-4H,1H3,(H,16,20)(H,17,18,21). The number of H-pyrrole nitrogens is 1. The molecule has 6 nitrogen and oxygen atoms in total. The van der Waals surface area contributed by atoms with Crippen LogP contribution in [0.4, 0.5) is 18.9 Å². The van der Waals surface area contributed by atoms with E-state index < -0.39 is 34.8 Å². The lowest BCUT2D eigenvalue weighted by Gasteiger charge is -2.13. The fraction of sp³-hybridized carbons (Fsp3) is 0.182. The molecule has 0 saturated carbocycles. The number of halogens is 4. The topological polar surface area (TPSA) is 79.8 Å². The summed E-state index contributed by atoms with van der Waals surface area (Å²) in [6, 6.07) is 2.91. The summed E-state index contributed by atoms with van der Waals surface area (Å²) >= 11 is 5.52. The van der Waals surface area contributed by atoms with Gasteiger partial charge in [-0.2, -0.15) is 13.2 Å². The maximum absolute atomic E-state index is 12.9. The number of aryl methyl sites for hydroxylation is 1. The number of benzene rings is 1. The molecule has 0 spiro atoms. The molecule has 0 saturated heterocycles. The molecular formula is C11H8ClF3N4O2. The van der Waals surface area contributed by atoms with Gasteiger partial charge in [-0.3, -0.25) is 9.78 Å². The Morgan fingerprint density at radius 1 is 1.43 bits per heavy atom. The van der Waals surface area contributed by atoms with Crippen LogP contribution < -0.4 is 11.0 Å². The number of rotatable bonds is 2. The lowest BCUT2D eigenvalue weighted by atomic mass is 10.1. The van der Waals surface area contributed by atoms with E-state index in [1.807, 2.05) is 5.32 Å². The van der Waals surface area contributed by atoms with Crippen LogP contribution in [0, 0.1) is 0 Å². The molecular weight excluding hydrogens is 313 g/mol. The summed E-state index contributed by atoms with van der Waals surface area (Å²) in [4.78, 5) is 25.0. The Morgan fingerprint density at radius 3 is 2.62 bits per heavy atom. The predicted molar refractivity (Wildman–Crippen MR) is 68.2 cm³/mol. The van der Waals surface area contributed by atoms with Crippen LogP contribution in [-0.2, 0) is 13.2 Å². The van der Waals surface area contributed by atoms with Gasteiger partial charge >= 0.3 is 11.9 Å². The second-order valence-corrected chi connectivity index (χ2v) is 4.48. The van der Waals surface area contributed by atoms with Crippen molar-refractivity contribution in [2.45, 2.75) is 6.18 Å². The van der Waals surface area contributed by atoms with Crippen molar-refractivity contribution in [3.63, 3.8) is 0 Å². The van der Waals surface area contributed by atoms with Crippen LogP contribution >= 0.6 is 11.6 Å². The fourth-order valence-corrected chi connectivity index (χ4v) is 1.72. The van der Waals surface area contributed by atoms with E-state index in [0.717, 1.165) is 10.7 Å². The van der Waals surface area contributed by atoms with E-state index in [9.17, 15) is 22.8 Å². The summed E-state index contributed by atoms with van der Waals surface area (Å²) in [5, 5.41) is 5.46. The largest absolute Gasteiger partial charge is 0.418 e. The van der Waals surface area contributed by atoms with Crippen molar-refractivity contribution in [3.8, 4) is 0 Å². The van der Waals surface area contributed by atoms with Crippen LogP contribution in [0.1, 0.15) is 16.2 Å². The minimum Gasteiger partial charge on any atom is -0.319 e. The van der Waals surface area contributed by atoms with Crippen molar-refractivity contribution < 1.29 is 18.0 Å². The summed E-state index contributed by atoms with van der Waals surface area (Å²) in [7, 11) is 1.29. The molecule has 10 heteroatoms. The van der Waals surface area contributed by atoms with Gasteiger partial charge in [0.1, 0.15) is 0 Å². The molecule has 1 heterocycles. The zero-order valence-electron chi connectivity index (χ0n) is 10.5. The van der Waals surface area contributed by atoms with Gasteiger partial charge in [-0.1, -0.05) is 11.6 Å². The van der Waals surface area contributed by atoms with E-state index in [2.05, 4.69) is 10.1 Å². The predicted octanol–water partition coefficient (Wildman–Crippen LogP) is 2.03. The average molecular weight is 321 g/mol. The second-order valence-electron chi connectivity index (χ2n) is 4.04.